The van der Waals surface area contributed by atoms with E-state index >= 15 is 0 Å². The topological polar surface area (TPSA) is 20.3 Å². The number of alkyl halides is 2. The number of benzene rings is 1. The van der Waals surface area contributed by atoms with Gasteiger partial charge in [-0.1, -0.05) is 0 Å². The Labute approximate surface area is 140 Å². The van der Waals surface area contributed by atoms with Crippen LogP contribution in [0.2, 0.25) is 0 Å². The molecule has 20 heavy (non-hydrogen) atoms. The molecule has 1 rings (SSSR count). The van der Waals surface area contributed by atoms with Crippen molar-refractivity contribution in [3.05, 3.63) is 35.4 Å². The summed E-state index contributed by atoms with van der Waals surface area (Å²) in [7, 11) is 0. The molecule has 2 nitrogen and oxygen atoms in total. The Kier molecular flexibility index (Phi) is 8.39. The Balaban J connectivity index is 2.89. The zero-order valence-corrected chi connectivity index (χ0v) is 17.1. The first kappa shape index (κ1) is 18.2. The molecular weight excluding hydrogens is 476 g/mol. The van der Waals surface area contributed by atoms with Gasteiger partial charge in [-0.05, 0) is 0 Å². The fourth-order valence-electron chi connectivity index (χ4n) is 2.39. The predicted octanol–water partition coefficient (Wildman–Crippen LogP) is 5.00. The van der Waals surface area contributed by atoms with E-state index in [1.165, 1.54) is 11.1 Å². The Morgan fingerprint density at radius 3 is 2.50 bits per heavy atom. The van der Waals surface area contributed by atoms with Gasteiger partial charge in [0.05, 0.1) is 0 Å². The number of aryl methyl sites for hydroxylation is 1. The van der Waals surface area contributed by atoms with Crippen molar-refractivity contribution in [2.24, 2.45) is 0 Å². The molecule has 4 heteroatoms. The molecule has 0 heterocycles. The molecule has 0 N–H and O–H groups in total. The van der Waals surface area contributed by atoms with E-state index in [-0.39, 0.29) is 0 Å². The van der Waals surface area contributed by atoms with E-state index in [1.807, 2.05) is 0 Å². The van der Waals surface area contributed by atoms with Gasteiger partial charge in [-0.3, -0.25) is 0 Å². The maximum absolute atomic E-state index is 12.6. The van der Waals surface area contributed by atoms with Gasteiger partial charge in [-0.2, -0.15) is 0 Å². The Morgan fingerprint density at radius 1 is 1.35 bits per heavy atom. The fourth-order valence-corrected chi connectivity index (χ4v) is 5.38. The molecule has 114 valence electrons. The van der Waals surface area contributed by atoms with Crippen LogP contribution < -0.4 is 0 Å². The number of rotatable bonds is 7. The average molecular weight is 501 g/mol. The number of carbonyl (C=O) groups is 1. The summed E-state index contributed by atoms with van der Waals surface area (Å²) < 4.78 is 0.785. The Bertz CT molecular complexity index is 430. The molecule has 0 aliphatic carbocycles. The molecule has 1 aromatic carbocycles. The third-order valence-electron chi connectivity index (χ3n) is 3.44. The summed E-state index contributed by atoms with van der Waals surface area (Å²) in [5.74, 6) is 0.349. The van der Waals surface area contributed by atoms with Crippen LogP contribution in [0, 0.1) is 6.92 Å². The third-order valence-corrected chi connectivity index (χ3v) is 7.08. The zero-order chi connectivity index (χ0) is 15.1. The number of hydrogen-bond acceptors (Lipinski definition) is 1. The van der Waals surface area contributed by atoms with Crippen molar-refractivity contribution in [3.63, 3.8) is 0 Å². The average Bonchev–Trinajstić information content (AvgIpc) is 2.38. The van der Waals surface area contributed by atoms with Gasteiger partial charge in [-0.25, -0.2) is 0 Å². The van der Waals surface area contributed by atoms with E-state index in [0.717, 1.165) is 23.8 Å². The summed E-state index contributed by atoms with van der Waals surface area (Å²) in [6, 6.07) is 8.87. The van der Waals surface area contributed by atoms with Gasteiger partial charge in [0.1, 0.15) is 0 Å². The maximum atomic E-state index is 12.6. The van der Waals surface area contributed by atoms with Crippen LogP contribution in [0.25, 0.3) is 0 Å². The number of hydrogen-bond donors (Lipinski definition) is 0. The third kappa shape index (κ3) is 5.87. The van der Waals surface area contributed by atoms with Crippen LogP contribution >= 0.6 is 34.5 Å². The van der Waals surface area contributed by atoms with Gasteiger partial charge in [0, 0.05) is 0 Å². The molecule has 0 saturated heterocycles. The summed E-state index contributed by atoms with van der Waals surface area (Å²) in [6.45, 7) is 7.22. The van der Waals surface area contributed by atoms with Crippen molar-refractivity contribution >= 4 is 40.4 Å². The fraction of sp³-hybridized carbons (Fsp3) is 0.562. The minimum atomic E-state index is -1.05. The molecule has 0 aliphatic rings. The second kappa shape index (κ2) is 9.23. The van der Waals surface area contributed by atoms with Crippen molar-refractivity contribution in [3.8, 4) is 0 Å². The van der Waals surface area contributed by atoms with Gasteiger partial charge in [0.2, 0.25) is 0 Å². The van der Waals surface area contributed by atoms with Crippen LogP contribution in [-0.4, -0.2) is 26.2 Å². The van der Waals surface area contributed by atoms with Crippen molar-refractivity contribution < 1.29 is 4.79 Å². The first-order valence-electron chi connectivity index (χ1n) is 7.05. The van der Waals surface area contributed by atoms with E-state index < -0.39 is 15.8 Å². The summed E-state index contributed by atoms with van der Waals surface area (Å²) in [4.78, 5) is 16.9. The number of nitrogens with zero attached hydrogens (tertiary/aromatic N) is 1. The first-order chi connectivity index (χ1) is 9.47. The Morgan fingerprint density at radius 2 is 2.00 bits per heavy atom. The number of carbonyl (C=O) groups excluding carboxylic acids is 1. The summed E-state index contributed by atoms with van der Waals surface area (Å²) >= 11 is 1.43. The second-order valence-corrected chi connectivity index (χ2v) is 18.1. The van der Waals surface area contributed by atoms with Crippen LogP contribution in [0.3, 0.4) is 0 Å². The molecular formula is C16H25I2NO. The van der Waals surface area contributed by atoms with Gasteiger partial charge in [-0.15, -0.1) is 0 Å². The molecule has 0 atom stereocenters. The van der Waals surface area contributed by atoms with Gasteiger partial charge in [0.25, 0.3) is 0 Å². The molecule has 0 saturated carbocycles. The molecule has 1 amide bonds. The first-order valence-corrected chi connectivity index (χ1v) is 17.0. The number of amides is 1. The zero-order valence-electron chi connectivity index (χ0n) is 12.8. The molecule has 0 aliphatic heterocycles. The van der Waals surface area contributed by atoms with E-state index in [1.54, 1.807) is 0 Å². The van der Waals surface area contributed by atoms with E-state index in [4.69, 9.17) is 0 Å². The quantitative estimate of drug-likeness (QED) is 0.381. The monoisotopic (exact) mass is 501 g/mol. The molecule has 0 aromatic heterocycles. The van der Waals surface area contributed by atoms with Crippen molar-refractivity contribution in [2.45, 2.75) is 46.2 Å². The molecule has 0 bridgehead atoms. The predicted molar refractivity (Wildman–Crippen MR) is 105 cm³/mol. The summed E-state index contributed by atoms with van der Waals surface area (Å²) in [5, 5.41) is 0. The summed E-state index contributed by atoms with van der Waals surface area (Å²) in [6.07, 6.45) is 2.07. The van der Waals surface area contributed by atoms with E-state index in [0.29, 0.717) is 11.9 Å². The van der Waals surface area contributed by atoms with Crippen LogP contribution in [0.5, 0.6) is 0 Å². The standard InChI is InChI=1S/C16H25I2NO/c1-5-15(6-2)19(16(20)11-18(4)17)12-14-9-7-8-13(3)10-14/h7-10,15H,5-6,11-12H2,1-4H3. The van der Waals surface area contributed by atoms with Crippen LogP contribution in [-0.2, 0) is 11.3 Å². The molecule has 0 unspecified atom stereocenters. The SMILES string of the molecule is CCC(CC)N(Cc1cccc(C)c1)C(=O)CI(C)I. The van der Waals surface area contributed by atoms with Gasteiger partial charge in [0.15, 0.2) is 0 Å². The molecule has 0 fully saturated rings. The van der Waals surface area contributed by atoms with Crippen LogP contribution in [0.15, 0.2) is 24.3 Å². The molecule has 0 radical (unpaired) electrons. The van der Waals surface area contributed by atoms with E-state index in [9.17, 15) is 4.79 Å². The molecule has 1 aromatic rings. The van der Waals surface area contributed by atoms with Gasteiger partial charge < -0.3 is 0 Å². The van der Waals surface area contributed by atoms with Crippen LogP contribution in [0.1, 0.15) is 37.8 Å². The van der Waals surface area contributed by atoms with Crippen molar-refractivity contribution in [2.75, 3.05) is 9.36 Å². The second-order valence-electron chi connectivity index (χ2n) is 5.13. The van der Waals surface area contributed by atoms with Crippen molar-refractivity contribution in [1.29, 1.82) is 0 Å². The van der Waals surface area contributed by atoms with Crippen LogP contribution in [0.4, 0.5) is 0 Å². The minimum absolute atomic E-state index is 0.349. The van der Waals surface area contributed by atoms with E-state index in [2.05, 4.69) is 73.5 Å². The van der Waals surface area contributed by atoms with Crippen molar-refractivity contribution in [1.82, 2.24) is 4.90 Å². The Hall–Kier alpha value is 0.150. The molecule has 0 spiro atoms. The number of halogens is 2. The van der Waals surface area contributed by atoms with Gasteiger partial charge >= 0.3 is 141 Å². The summed E-state index contributed by atoms with van der Waals surface area (Å²) in [5.41, 5.74) is 2.51. The normalized spacial score (nSPS) is 11.6.